The van der Waals surface area contributed by atoms with Gasteiger partial charge < -0.3 is 19.4 Å². The topological polar surface area (TPSA) is 139 Å². The molecule has 0 saturated carbocycles. The summed E-state index contributed by atoms with van der Waals surface area (Å²) in [7, 11) is 6.16. The van der Waals surface area contributed by atoms with E-state index in [-0.39, 0.29) is 12.2 Å². The number of fused-ring (bicyclic) bond motifs is 1. The quantitative estimate of drug-likeness (QED) is 0.239. The number of hydrogen-bond donors (Lipinski definition) is 3. The van der Waals surface area contributed by atoms with Crippen LogP contribution in [0.1, 0.15) is 22.8 Å². The molecule has 0 bridgehead atoms. The molecule has 0 amide bonds. The highest BCUT2D eigenvalue weighted by atomic mass is 16.5. The zero-order chi connectivity index (χ0) is 28.7. The Kier molecular flexibility index (Phi) is 8.87. The molecule has 0 fully saturated rings. The van der Waals surface area contributed by atoms with Gasteiger partial charge in [-0.3, -0.25) is 4.57 Å². The number of aliphatic hydroxyl groups excluding tert-OH is 1. The van der Waals surface area contributed by atoms with Crippen LogP contribution in [0.25, 0.3) is 33.5 Å². The third-order valence-electron chi connectivity index (χ3n) is 6.14. The fraction of sp³-hybridized carbons (Fsp3) is 0.276. The molecule has 5 aromatic rings. The minimum Gasteiger partial charge on any atom is -0.478 e. The smallest absolute Gasteiger partial charge is 0.337 e. The largest absolute Gasteiger partial charge is 0.478 e. The molecule has 0 atom stereocenters. The molecule has 0 aliphatic heterocycles. The summed E-state index contributed by atoms with van der Waals surface area (Å²) in [6.45, 7) is 3.84. The second-order valence-electron chi connectivity index (χ2n) is 10.1. The maximum atomic E-state index is 11.8. The lowest BCUT2D eigenvalue weighted by Gasteiger charge is -2.21. The number of hydrogen-bond acceptors (Lipinski definition) is 7. The summed E-state index contributed by atoms with van der Waals surface area (Å²) in [6, 6.07) is 21.4. The third kappa shape index (κ3) is 6.68. The van der Waals surface area contributed by atoms with Crippen LogP contribution < -0.4 is 4.74 Å². The molecule has 5 rings (SSSR count). The number of nitrogens with zero attached hydrogens (tertiary/aromatic N) is 6. The number of aliphatic hydroxyl groups is 1. The van der Waals surface area contributed by atoms with E-state index in [1.54, 1.807) is 18.2 Å². The number of para-hydroxylation sites is 1. The molecule has 0 aliphatic carbocycles. The number of carboxylic acid groups (broad SMARTS) is 1. The first kappa shape index (κ1) is 28.4. The standard InChI is InChI=1S/C24H20N6O3.C5H14NO/c1-2-33-24-25-20-9-5-8-19(23(31)32)21(20)30(24)14-15-10-12-16(13-11-15)17-6-3-4-7-18(17)22-26-28-29-27-22;1-6(2,3)4-5-7/h3-13H,2,14H2,1H3,(H,31,32)(H,26,27,28,29);7H,4-5H2,1-3H3/q;+1. The maximum Gasteiger partial charge on any atom is 0.337 e. The molecule has 2 heterocycles. The molecule has 0 spiro atoms. The van der Waals surface area contributed by atoms with E-state index in [1.165, 1.54) is 0 Å². The first-order valence-corrected chi connectivity index (χ1v) is 12.9. The van der Waals surface area contributed by atoms with Crippen molar-refractivity contribution in [2.75, 3.05) is 40.9 Å². The monoisotopic (exact) mass is 544 g/mol. The van der Waals surface area contributed by atoms with Crippen LogP contribution in [-0.4, -0.2) is 91.7 Å². The number of imidazole rings is 1. The number of aromatic carboxylic acids is 1. The van der Waals surface area contributed by atoms with Crippen LogP contribution in [0, 0.1) is 0 Å². The normalized spacial score (nSPS) is 11.2. The fourth-order valence-corrected chi connectivity index (χ4v) is 4.21. The van der Waals surface area contributed by atoms with Gasteiger partial charge in [0, 0.05) is 5.56 Å². The Labute approximate surface area is 232 Å². The molecule has 0 unspecified atom stereocenters. The van der Waals surface area contributed by atoms with E-state index >= 15 is 0 Å². The van der Waals surface area contributed by atoms with Gasteiger partial charge in [-0.05, 0) is 46.2 Å². The highest BCUT2D eigenvalue weighted by molar-refractivity contribution is 6.01. The number of aromatic amines is 1. The highest BCUT2D eigenvalue weighted by Gasteiger charge is 2.19. The molecule has 208 valence electrons. The van der Waals surface area contributed by atoms with Crippen molar-refractivity contribution in [3.63, 3.8) is 0 Å². The van der Waals surface area contributed by atoms with E-state index in [0.29, 0.717) is 36.0 Å². The Bertz CT molecular complexity index is 1560. The lowest BCUT2D eigenvalue weighted by molar-refractivity contribution is -0.870. The van der Waals surface area contributed by atoms with Crippen molar-refractivity contribution < 1.29 is 24.2 Å². The van der Waals surface area contributed by atoms with Gasteiger partial charge in [0.05, 0.1) is 57.5 Å². The Hall–Kier alpha value is -4.61. The summed E-state index contributed by atoms with van der Waals surface area (Å²) in [5, 5.41) is 32.3. The predicted molar refractivity (Wildman–Crippen MR) is 152 cm³/mol. The molecule has 40 heavy (non-hydrogen) atoms. The van der Waals surface area contributed by atoms with Crippen LogP contribution in [0.5, 0.6) is 6.01 Å². The summed E-state index contributed by atoms with van der Waals surface area (Å²) in [4.78, 5) is 16.3. The van der Waals surface area contributed by atoms with Crippen LogP contribution >= 0.6 is 0 Å². The van der Waals surface area contributed by atoms with Crippen molar-refractivity contribution in [1.82, 2.24) is 30.2 Å². The van der Waals surface area contributed by atoms with Crippen LogP contribution in [0.2, 0.25) is 0 Å². The summed E-state index contributed by atoms with van der Waals surface area (Å²) in [5.74, 6) is -0.402. The molecule has 2 aromatic heterocycles. The lowest BCUT2D eigenvalue weighted by Crippen LogP contribution is -2.36. The van der Waals surface area contributed by atoms with E-state index in [2.05, 4.69) is 46.8 Å². The van der Waals surface area contributed by atoms with Crippen molar-refractivity contribution >= 4 is 17.0 Å². The van der Waals surface area contributed by atoms with Gasteiger partial charge in [0.1, 0.15) is 6.54 Å². The minimum atomic E-state index is -1.00. The van der Waals surface area contributed by atoms with Gasteiger partial charge in [-0.2, -0.15) is 4.98 Å². The van der Waals surface area contributed by atoms with E-state index in [1.807, 2.05) is 60.0 Å². The summed E-state index contributed by atoms with van der Waals surface area (Å²) in [6.07, 6.45) is 0. The Morgan fingerprint density at radius 1 is 1.00 bits per heavy atom. The molecule has 0 saturated heterocycles. The Morgan fingerprint density at radius 3 is 2.30 bits per heavy atom. The number of rotatable bonds is 9. The van der Waals surface area contributed by atoms with Gasteiger partial charge in [0.25, 0.3) is 6.01 Å². The highest BCUT2D eigenvalue weighted by Crippen LogP contribution is 2.31. The van der Waals surface area contributed by atoms with Gasteiger partial charge in [0.15, 0.2) is 5.82 Å². The van der Waals surface area contributed by atoms with Crippen LogP contribution in [0.3, 0.4) is 0 Å². The zero-order valence-corrected chi connectivity index (χ0v) is 23.1. The van der Waals surface area contributed by atoms with Crippen molar-refractivity contribution in [3.8, 4) is 28.5 Å². The van der Waals surface area contributed by atoms with Gasteiger partial charge in [-0.1, -0.05) is 54.6 Å². The van der Waals surface area contributed by atoms with Gasteiger partial charge >= 0.3 is 5.97 Å². The number of tetrazole rings is 1. The van der Waals surface area contributed by atoms with Crippen molar-refractivity contribution in [2.45, 2.75) is 13.5 Å². The van der Waals surface area contributed by atoms with Crippen LogP contribution in [-0.2, 0) is 6.54 Å². The molecular formula is C29H34N7O4+. The average molecular weight is 545 g/mol. The number of carboxylic acids is 1. The SMILES string of the molecule is CCOc1nc2cccc(C(=O)O)c2n1Cc1ccc(-c2ccccc2-c2nnn[nH]2)cc1.C[N+](C)(C)CCO. The number of carbonyl (C=O) groups is 1. The molecular weight excluding hydrogens is 510 g/mol. The number of nitrogens with one attached hydrogen (secondary N) is 1. The van der Waals surface area contributed by atoms with Gasteiger partial charge in [-0.15, -0.1) is 5.10 Å². The number of aromatic nitrogens is 6. The maximum absolute atomic E-state index is 11.8. The van der Waals surface area contributed by atoms with Crippen molar-refractivity contribution in [3.05, 3.63) is 77.9 Å². The summed E-state index contributed by atoms with van der Waals surface area (Å²) in [5.41, 5.74) is 5.22. The van der Waals surface area contributed by atoms with Crippen LogP contribution in [0.15, 0.2) is 66.7 Å². The number of H-pyrrole nitrogens is 1. The fourth-order valence-electron chi connectivity index (χ4n) is 4.21. The molecule has 0 radical (unpaired) electrons. The first-order valence-electron chi connectivity index (χ1n) is 12.9. The number of likely N-dealkylation sites (N-methyl/N-ethyl adjacent to an activating group) is 1. The molecule has 3 aromatic carbocycles. The Morgan fingerprint density at radius 2 is 1.73 bits per heavy atom. The first-order chi connectivity index (χ1) is 19.2. The van der Waals surface area contributed by atoms with Crippen molar-refractivity contribution in [2.24, 2.45) is 0 Å². The minimum absolute atomic E-state index is 0.192. The zero-order valence-electron chi connectivity index (χ0n) is 23.1. The number of ether oxygens (including phenoxy) is 1. The van der Waals surface area contributed by atoms with Crippen LogP contribution in [0.4, 0.5) is 0 Å². The van der Waals surface area contributed by atoms with E-state index in [4.69, 9.17) is 9.84 Å². The van der Waals surface area contributed by atoms with E-state index < -0.39 is 5.97 Å². The summed E-state index contributed by atoms with van der Waals surface area (Å²) < 4.78 is 8.37. The van der Waals surface area contributed by atoms with Gasteiger partial charge in [-0.25, -0.2) is 9.89 Å². The summed E-state index contributed by atoms with van der Waals surface area (Å²) >= 11 is 0. The van der Waals surface area contributed by atoms with E-state index in [0.717, 1.165) is 33.3 Å². The second-order valence-corrected chi connectivity index (χ2v) is 10.1. The molecule has 11 heteroatoms. The second kappa shape index (κ2) is 12.5. The molecule has 11 nitrogen and oxygen atoms in total. The number of benzene rings is 3. The Balaban J connectivity index is 0.000000470. The van der Waals surface area contributed by atoms with Gasteiger partial charge in [0.2, 0.25) is 0 Å². The number of quaternary nitrogens is 1. The average Bonchev–Trinajstić information content (AvgIpc) is 3.58. The third-order valence-corrected chi connectivity index (χ3v) is 6.14. The lowest BCUT2D eigenvalue weighted by atomic mass is 9.98. The molecule has 0 aliphatic rings. The van der Waals surface area contributed by atoms with E-state index in [9.17, 15) is 9.90 Å². The predicted octanol–water partition coefficient (Wildman–Crippen LogP) is 3.71. The van der Waals surface area contributed by atoms with Crippen molar-refractivity contribution in [1.29, 1.82) is 0 Å². The molecule has 3 N–H and O–H groups in total.